The maximum Gasteiger partial charge on any atom is 0.263 e. The van der Waals surface area contributed by atoms with Crippen LogP contribution in [0, 0.1) is 5.92 Å². The smallest absolute Gasteiger partial charge is 0.263 e. The van der Waals surface area contributed by atoms with E-state index in [1.54, 1.807) is 6.20 Å². The summed E-state index contributed by atoms with van der Waals surface area (Å²) in [5.41, 5.74) is 7.18. The lowest BCUT2D eigenvalue weighted by Gasteiger charge is -2.02. The SMILES string of the molecule is Nc1c(C(=O)NCC2CC2)sc2cccnc12. The standard InChI is InChI=1S/C12H13N3OS/c13-9-10-8(2-1-5-14-10)17-11(9)12(16)15-6-7-3-4-7/h1-2,5,7H,3-4,6,13H2,(H,15,16). The Morgan fingerprint density at radius 1 is 1.59 bits per heavy atom. The van der Waals surface area contributed by atoms with E-state index in [1.807, 2.05) is 12.1 Å². The molecule has 0 aliphatic heterocycles. The minimum atomic E-state index is -0.0719. The first-order valence-electron chi connectivity index (χ1n) is 5.67. The lowest BCUT2D eigenvalue weighted by Crippen LogP contribution is -2.25. The van der Waals surface area contributed by atoms with Crippen LogP contribution >= 0.6 is 11.3 Å². The van der Waals surface area contributed by atoms with Crippen molar-refractivity contribution in [2.75, 3.05) is 12.3 Å². The summed E-state index contributed by atoms with van der Waals surface area (Å²) < 4.78 is 0.960. The number of anilines is 1. The molecule has 88 valence electrons. The van der Waals surface area contributed by atoms with Gasteiger partial charge < -0.3 is 11.1 Å². The van der Waals surface area contributed by atoms with E-state index in [0.717, 1.165) is 16.8 Å². The van der Waals surface area contributed by atoms with Crippen molar-refractivity contribution in [3.05, 3.63) is 23.2 Å². The second-order valence-electron chi connectivity index (χ2n) is 4.35. The van der Waals surface area contributed by atoms with Gasteiger partial charge >= 0.3 is 0 Å². The van der Waals surface area contributed by atoms with Crippen LogP contribution in [0.1, 0.15) is 22.5 Å². The van der Waals surface area contributed by atoms with Crippen LogP contribution in [-0.2, 0) is 0 Å². The van der Waals surface area contributed by atoms with Crippen LogP contribution < -0.4 is 11.1 Å². The zero-order valence-electron chi connectivity index (χ0n) is 9.27. The zero-order valence-corrected chi connectivity index (χ0v) is 10.1. The summed E-state index contributed by atoms with van der Waals surface area (Å²) in [7, 11) is 0. The first-order chi connectivity index (χ1) is 8.25. The highest BCUT2D eigenvalue weighted by molar-refractivity contribution is 7.21. The molecule has 0 saturated heterocycles. The van der Waals surface area contributed by atoms with Gasteiger partial charge in [-0.25, -0.2) is 0 Å². The Kier molecular flexibility index (Phi) is 2.48. The average molecular weight is 247 g/mol. The number of fused-ring (bicyclic) bond motifs is 1. The van der Waals surface area contributed by atoms with Crippen molar-refractivity contribution in [1.29, 1.82) is 0 Å². The third-order valence-corrected chi connectivity index (χ3v) is 4.10. The quantitative estimate of drug-likeness (QED) is 0.872. The Bertz CT molecular complexity index is 574. The van der Waals surface area contributed by atoms with E-state index in [1.165, 1.54) is 24.2 Å². The fourth-order valence-corrected chi connectivity index (χ4v) is 2.75. The number of nitrogens with two attached hydrogens (primary N) is 1. The van der Waals surface area contributed by atoms with Gasteiger partial charge in [-0.2, -0.15) is 0 Å². The Morgan fingerprint density at radius 3 is 3.12 bits per heavy atom. The molecule has 0 spiro atoms. The molecule has 0 atom stereocenters. The number of pyridine rings is 1. The van der Waals surface area contributed by atoms with Gasteiger partial charge in [-0.1, -0.05) is 0 Å². The number of hydrogen-bond acceptors (Lipinski definition) is 4. The van der Waals surface area contributed by atoms with E-state index in [9.17, 15) is 4.79 Å². The minimum absolute atomic E-state index is 0.0719. The summed E-state index contributed by atoms with van der Waals surface area (Å²) in [5, 5.41) is 2.93. The Morgan fingerprint density at radius 2 is 2.41 bits per heavy atom. The lowest BCUT2D eigenvalue weighted by molar-refractivity contribution is 0.0956. The molecule has 2 aromatic heterocycles. The molecule has 2 aromatic rings. The predicted molar refractivity (Wildman–Crippen MR) is 69.1 cm³/mol. The molecule has 1 aliphatic carbocycles. The molecule has 1 saturated carbocycles. The number of amides is 1. The van der Waals surface area contributed by atoms with Gasteiger partial charge in [0.25, 0.3) is 5.91 Å². The number of thiophene rings is 1. The summed E-state index contributed by atoms with van der Waals surface area (Å²) in [6, 6.07) is 3.78. The molecule has 0 radical (unpaired) electrons. The van der Waals surface area contributed by atoms with Crippen molar-refractivity contribution in [3.8, 4) is 0 Å². The molecule has 1 aliphatic rings. The molecule has 0 unspecified atom stereocenters. The van der Waals surface area contributed by atoms with Crippen molar-refractivity contribution in [2.45, 2.75) is 12.8 Å². The first kappa shape index (κ1) is 10.5. The molecule has 4 nitrogen and oxygen atoms in total. The van der Waals surface area contributed by atoms with Crippen molar-refractivity contribution >= 4 is 33.1 Å². The second-order valence-corrected chi connectivity index (χ2v) is 5.40. The number of hydrogen-bond donors (Lipinski definition) is 2. The summed E-state index contributed by atoms with van der Waals surface area (Å²) in [4.78, 5) is 16.7. The number of nitrogens with zero attached hydrogens (tertiary/aromatic N) is 1. The van der Waals surface area contributed by atoms with E-state index < -0.39 is 0 Å². The maximum absolute atomic E-state index is 12.0. The maximum atomic E-state index is 12.0. The molecule has 0 bridgehead atoms. The van der Waals surface area contributed by atoms with E-state index >= 15 is 0 Å². The highest BCUT2D eigenvalue weighted by atomic mass is 32.1. The van der Waals surface area contributed by atoms with Crippen LogP contribution in [0.3, 0.4) is 0 Å². The number of aromatic nitrogens is 1. The summed E-state index contributed by atoms with van der Waals surface area (Å²) in [5.74, 6) is 0.602. The van der Waals surface area contributed by atoms with Crippen LogP contribution in [0.15, 0.2) is 18.3 Å². The van der Waals surface area contributed by atoms with Gasteiger partial charge in [0.1, 0.15) is 10.4 Å². The number of nitrogen functional groups attached to an aromatic ring is 1. The molecule has 5 heteroatoms. The van der Waals surface area contributed by atoms with E-state index in [-0.39, 0.29) is 5.91 Å². The summed E-state index contributed by atoms with van der Waals surface area (Å²) >= 11 is 1.40. The minimum Gasteiger partial charge on any atom is -0.396 e. The number of carbonyl (C=O) groups excluding carboxylic acids is 1. The Balaban J connectivity index is 1.87. The third kappa shape index (κ3) is 1.98. The van der Waals surface area contributed by atoms with Crippen LogP contribution in [0.25, 0.3) is 10.2 Å². The number of nitrogens with one attached hydrogen (secondary N) is 1. The van der Waals surface area contributed by atoms with Crippen LogP contribution in [0.2, 0.25) is 0 Å². The van der Waals surface area contributed by atoms with Crippen LogP contribution in [-0.4, -0.2) is 17.4 Å². The fraction of sp³-hybridized carbons (Fsp3) is 0.333. The van der Waals surface area contributed by atoms with Gasteiger partial charge in [-0.3, -0.25) is 9.78 Å². The first-order valence-corrected chi connectivity index (χ1v) is 6.48. The molecular weight excluding hydrogens is 234 g/mol. The van der Waals surface area contributed by atoms with Gasteiger partial charge in [0.2, 0.25) is 0 Å². The number of carbonyl (C=O) groups is 1. The Hall–Kier alpha value is -1.62. The van der Waals surface area contributed by atoms with Crippen molar-refractivity contribution in [2.24, 2.45) is 5.92 Å². The molecule has 1 amide bonds. The molecule has 3 rings (SSSR count). The molecule has 2 heterocycles. The topological polar surface area (TPSA) is 68.0 Å². The lowest BCUT2D eigenvalue weighted by atomic mass is 10.3. The van der Waals surface area contributed by atoms with Crippen molar-refractivity contribution in [3.63, 3.8) is 0 Å². The van der Waals surface area contributed by atoms with Gasteiger partial charge in [0.05, 0.1) is 10.4 Å². The van der Waals surface area contributed by atoms with Gasteiger partial charge in [0.15, 0.2) is 0 Å². The summed E-state index contributed by atoms with van der Waals surface area (Å²) in [6.45, 7) is 0.764. The van der Waals surface area contributed by atoms with Gasteiger partial charge in [0, 0.05) is 12.7 Å². The van der Waals surface area contributed by atoms with Crippen molar-refractivity contribution < 1.29 is 4.79 Å². The third-order valence-electron chi connectivity index (χ3n) is 2.94. The normalized spacial score (nSPS) is 15.1. The highest BCUT2D eigenvalue weighted by Crippen LogP contribution is 2.32. The van der Waals surface area contributed by atoms with E-state index in [0.29, 0.717) is 16.5 Å². The predicted octanol–water partition coefficient (Wildman–Crippen LogP) is 2.02. The molecular formula is C12H13N3OS. The Labute approximate surface area is 103 Å². The highest BCUT2D eigenvalue weighted by Gasteiger charge is 2.23. The fourth-order valence-electron chi connectivity index (χ4n) is 1.76. The molecule has 17 heavy (non-hydrogen) atoms. The largest absolute Gasteiger partial charge is 0.396 e. The second kappa shape index (κ2) is 4.00. The zero-order chi connectivity index (χ0) is 11.8. The van der Waals surface area contributed by atoms with Crippen LogP contribution in [0.5, 0.6) is 0 Å². The summed E-state index contributed by atoms with van der Waals surface area (Å²) in [6.07, 6.45) is 4.14. The monoisotopic (exact) mass is 247 g/mol. The van der Waals surface area contributed by atoms with Gasteiger partial charge in [-0.05, 0) is 30.9 Å². The number of rotatable bonds is 3. The van der Waals surface area contributed by atoms with Crippen molar-refractivity contribution in [1.82, 2.24) is 10.3 Å². The van der Waals surface area contributed by atoms with E-state index in [4.69, 9.17) is 5.73 Å². The van der Waals surface area contributed by atoms with Gasteiger partial charge in [-0.15, -0.1) is 11.3 Å². The van der Waals surface area contributed by atoms with E-state index in [2.05, 4.69) is 10.3 Å². The average Bonchev–Trinajstić information content (AvgIpc) is 3.11. The molecule has 3 N–H and O–H groups in total. The van der Waals surface area contributed by atoms with Crippen LogP contribution in [0.4, 0.5) is 5.69 Å². The molecule has 1 fully saturated rings. The molecule has 0 aromatic carbocycles.